The quantitative estimate of drug-likeness (QED) is 0.607. The second kappa shape index (κ2) is 9.38. The van der Waals surface area contributed by atoms with Crippen molar-refractivity contribution < 1.29 is 23.1 Å². The van der Waals surface area contributed by atoms with Crippen LogP contribution in [0.25, 0.3) is 0 Å². The van der Waals surface area contributed by atoms with Crippen LogP contribution in [0.1, 0.15) is 34.1 Å². The van der Waals surface area contributed by atoms with Crippen molar-refractivity contribution >= 4 is 27.0 Å². The number of ketones is 1. The zero-order valence-electron chi connectivity index (χ0n) is 16.7. The number of carbonyl (C=O) groups excluding carboxylic acids is 1. The summed E-state index contributed by atoms with van der Waals surface area (Å²) in [5.74, 6) is 0.665. The number of carbonyl (C=O) groups is 1. The van der Waals surface area contributed by atoms with E-state index in [0.29, 0.717) is 30.8 Å². The topological polar surface area (TPSA) is 83.9 Å². The Kier molecular flexibility index (Phi) is 7.10. The fourth-order valence-electron chi connectivity index (χ4n) is 3.55. The van der Waals surface area contributed by atoms with Crippen LogP contribution in [0.2, 0.25) is 0 Å². The summed E-state index contributed by atoms with van der Waals surface area (Å²) in [6.45, 7) is 4.45. The van der Waals surface area contributed by atoms with Crippen molar-refractivity contribution in [3.05, 3.63) is 51.7 Å². The molecule has 3 rings (SSSR count). The van der Waals surface area contributed by atoms with Gasteiger partial charge in [-0.05, 0) is 49.4 Å². The van der Waals surface area contributed by atoms with E-state index in [2.05, 4.69) is 0 Å². The van der Waals surface area contributed by atoms with Crippen LogP contribution in [0, 0.1) is 6.92 Å². The third-order valence-electron chi connectivity index (χ3n) is 5.18. The Bertz CT molecular complexity index is 953. The van der Waals surface area contributed by atoms with E-state index in [9.17, 15) is 18.3 Å². The summed E-state index contributed by atoms with van der Waals surface area (Å²) in [5, 5.41) is 12.6. The number of aliphatic hydroxyl groups excluding tert-OH is 1. The Morgan fingerprint density at radius 3 is 2.72 bits per heavy atom. The fourth-order valence-corrected chi connectivity index (χ4v) is 6.24. The van der Waals surface area contributed by atoms with Crippen LogP contribution in [-0.2, 0) is 16.4 Å². The van der Waals surface area contributed by atoms with Crippen molar-refractivity contribution in [2.75, 3.05) is 24.7 Å². The van der Waals surface area contributed by atoms with Gasteiger partial charge in [0.2, 0.25) is 0 Å². The highest BCUT2D eigenvalue weighted by molar-refractivity contribution is 7.91. The molecule has 1 aromatic carbocycles. The lowest BCUT2D eigenvalue weighted by Crippen LogP contribution is -2.42. The van der Waals surface area contributed by atoms with Crippen LogP contribution in [0.15, 0.2) is 35.7 Å². The molecule has 1 aliphatic heterocycles. The minimum atomic E-state index is -3.02. The molecule has 0 amide bonds. The van der Waals surface area contributed by atoms with Gasteiger partial charge in [-0.2, -0.15) is 0 Å². The van der Waals surface area contributed by atoms with E-state index in [4.69, 9.17) is 4.74 Å². The van der Waals surface area contributed by atoms with Gasteiger partial charge in [0.15, 0.2) is 15.6 Å². The highest BCUT2D eigenvalue weighted by Gasteiger charge is 2.33. The molecule has 1 fully saturated rings. The van der Waals surface area contributed by atoms with Crippen LogP contribution in [0.5, 0.6) is 5.75 Å². The lowest BCUT2D eigenvalue weighted by molar-refractivity contribution is 0.0524. The van der Waals surface area contributed by atoms with E-state index in [1.807, 2.05) is 23.3 Å². The van der Waals surface area contributed by atoms with Gasteiger partial charge in [-0.15, -0.1) is 11.3 Å². The molecule has 2 aromatic rings. The minimum Gasteiger partial charge on any atom is -0.490 e. The number of nitrogens with zero attached hydrogens (tertiary/aromatic N) is 1. The first-order valence-electron chi connectivity index (χ1n) is 9.63. The first kappa shape index (κ1) is 22.0. The smallest absolute Gasteiger partial charge is 0.163 e. The second-order valence-corrected chi connectivity index (χ2v) is 10.8. The first-order chi connectivity index (χ1) is 13.7. The number of thiophene rings is 1. The predicted molar refractivity (Wildman–Crippen MR) is 114 cm³/mol. The molecule has 0 bridgehead atoms. The maximum Gasteiger partial charge on any atom is 0.163 e. The molecule has 8 heteroatoms. The standard InChI is InChI=1S/C21H27NO5S2/c1-15-7-9-28-21(15)12-22(17-8-10-29(25,26)14-17)11-18(24)13-27-20-6-4-3-5-19(20)16(2)23/h3-7,9,17-18,24H,8,10-14H2,1-2H3. The van der Waals surface area contributed by atoms with Gasteiger partial charge in [-0.3, -0.25) is 9.69 Å². The largest absolute Gasteiger partial charge is 0.490 e. The summed E-state index contributed by atoms with van der Waals surface area (Å²) in [5.41, 5.74) is 1.65. The van der Waals surface area contributed by atoms with Crippen molar-refractivity contribution in [2.24, 2.45) is 0 Å². The van der Waals surface area contributed by atoms with Crippen molar-refractivity contribution in [3.8, 4) is 5.75 Å². The zero-order valence-corrected chi connectivity index (χ0v) is 18.3. The summed E-state index contributed by atoms with van der Waals surface area (Å²) in [7, 11) is -3.02. The number of rotatable bonds is 9. The molecule has 2 heterocycles. The molecule has 0 radical (unpaired) electrons. The van der Waals surface area contributed by atoms with E-state index in [1.54, 1.807) is 35.6 Å². The molecule has 29 heavy (non-hydrogen) atoms. The fraction of sp³-hybridized carbons (Fsp3) is 0.476. The average Bonchev–Trinajstić information content (AvgIpc) is 3.24. The Balaban J connectivity index is 1.67. The van der Waals surface area contributed by atoms with Gasteiger partial charge in [0.05, 0.1) is 17.1 Å². The lowest BCUT2D eigenvalue weighted by Gasteiger charge is -2.30. The van der Waals surface area contributed by atoms with E-state index >= 15 is 0 Å². The summed E-state index contributed by atoms with van der Waals surface area (Å²) in [4.78, 5) is 14.9. The van der Waals surface area contributed by atoms with Gasteiger partial charge in [-0.25, -0.2) is 8.42 Å². The molecule has 0 aliphatic carbocycles. The number of aliphatic hydroxyl groups is 1. The third-order valence-corrected chi connectivity index (χ3v) is 7.94. The Morgan fingerprint density at radius 1 is 1.34 bits per heavy atom. The number of hydrogen-bond donors (Lipinski definition) is 1. The molecular weight excluding hydrogens is 410 g/mol. The van der Waals surface area contributed by atoms with Crippen LogP contribution < -0.4 is 4.74 Å². The maximum atomic E-state index is 12.0. The number of sulfone groups is 1. The minimum absolute atomic E-state index is 0.0314. The molecule has 0 saturated carbocycles. The Labute approximate surface area is 176 Å². The first-order valence-corrected chi connectivity index (χ1v) is 12.3. The van der Waals surface area contributed by atoms with Crippen molar-refractivity contribution in [3.63, 3.8) is 0 Å². The van der Waals surface area contributed by atoms with Gasteiger partial charge in [0, 0.05) is 24.0 Å². The summed E-state index contributed by atoms with van der Waals surface area (Å²) >= 11 is 1.64. The molecule has 158 valence electrons. The lowest BCUT2D eigenvalue weighted by atomic mass is 10.1. The van der Waals surface area contributed by atoms with Crippen LogP contribution in [-0.4, -0.2) is 61.0 Å². The van der Waals surface area contributed by atoms with Crippen molar-refractivity contribution in [1.29, 1.82) is 0 Å². The Hall–Kier alpha value is -1.74. The molecule has 0 spiro atoms. The van der Waals surface area contributed by atoms with Crippen LogP contribution >= 0.6 is 11.3 Å². The molecule has 1 N–H and O–H groups in total. The second-order valence-electron chi connectivity index (χ2n) is 7.53. The molecule has 2 atom stereocenters. The number of aryl methyl sites for hydroxylation is 1. The number of ether oxygens (including phenoxy) is 1. The molecule has 1 aromatic heterocycles. The Morgan fingerprint density at radius 2 is 2.10 bits per heavy atom. The normalized spacial score (nSPS) is 19.4. The van der Waals surface area contributed by atoms with E-state index in [-0.39, 0.29) is 29.9 Å². The summed E-state index contributed by atoms with van der Waals surface area (Å²) in [6.07, 6.45) is -0.230. The van der Waals surface area contributed by atoms with E-state index < -0.39 is 15.9 Å². The van der Waals surface area contributed by atoms with E-state index in [0.717, 1.165) is 0 Å². The predicted octanol–water partition coefficient (Wildman–Crippen LogP) is 2.69. The zero-order chi connectivity index (χ0) is 21.0. The summed E-state index contributed by atoms with van der Waals surface area (Å²) < 4.78 is 29.6. The molecule has 1 aliphatic rings. The van der Waals surface area contributed by atoms with Gasteiger partial charge in [0.25, 0.3) is 0 Å². The van der Waals surface area contributed by atoms with Gasteiger partial charge in [-0.1, -0.05) is 12.1 Å². The monoisotopic (exact) mass is 437 g/mol. The maximum absolute atomic E-state index is 12.0. The molecule has 1 saturated heterocycles. The third kappa shape index (κ3) is 5.88. The van der Waals surface area contributed by atoms with Gasteiger partial charge < -0.3 is 9.84 Å². The average molecular weight is 438 g/mol. The number of hydrogen-bond acceptors (Lipinski definition) is 7. The van der Waals surface area contributed by atoms with Gasteiger partial charge >= 0.3 is 0 Å². The molecular formula is C21H27NO5S2. The van der Waals surface area contributed by atoms with E-state index in [1.165, 1.54) is 17.4 Å². The summed E-state index contributed by atoms with van der Waals surface area (Å²) in [6, 6.07) is 8.89. The number of benzene rings is 1. The number of Topliss-reactive ketones (excluding diaryl/α,β-unsaturated/α-hetero) is 1. The van der Waals surface area contributed by atoms with Crippen LogP contribution in [0.3, 0.4) is 0 Å². The molecule has 2 unspecified atom stereocenters. The molecule has 6 nitrogen and oxygen atoms in total. The SMILES string of the molecule is CC(=O)c1ccccc1OCC(O)CN(Cc1sccc1C)C1CCS(=O)(=O)C1. The van der Waals surface area contributed by atoms with Crippen molar-refractivity contribution in [1.82, 2.24) is 4.90 Å². The highest BCUT2D eigenvalue weighted by Crippen LogP contribution is 2.24. The highest BCUT2D eigenvalue weighted by atomic mass is 32.2. The van der Waals surface area contributed by atoms with Gasteiger partial charge in [0.1, 0.15) is 18.5 Å². The van der Waals surface area contributed by atoms with Crippen molar-refractivity contribution in [2.45, 2.75) is 39.0 Å². The number of para-hydroxylation sites is 1. The van der Waals surface area contributed by atoms with Crippen LogP contribution in [0.4, 0.5) is 0 Å².